The summed E-state index contributed by atoms with van der Waals surface area (Å²) >= 11 is 0. The summed E-state index contributed by atoms with van der Waals surface area (Å²) in [7, 11) is -2.03. The third-order valence-electron chi connectivity index (χ3n) is 4.15. The van der Waals surface area contributed by atoms with E-state index in [-0.39, 0.29) is 34.5 Å². The van der Waals surface area contributed by atoms with Crippen molar-refractivity contribution in [1.29, 1.82) is 0 Å². The van der Waals surface area contributed by atoms with Gasteiger partial charge in [0.25, 0.3) is 0 Å². The second kappa shape index (κ2) is 11.5. The molecule has 1 heterocycles. The average molecular weight is 536 g/mol. The van der Waals surface area contributed by atoms with Gasteiger partial charge in [0.15, 0.2) is 5.96 Å². The van der Waals surface area contributed by atoms with E-state index in [1.165, 1.54) is 12.1 Å². The molecule has 4 N–H and O–H groups in total. The molecule has 0 saturated carbocycles. The van der Waals surface area contributed by atoms with Gasteiger partial charge in [0.2, 0.25) is 10.0 Å². The smallest absolute Gasteiger partial charge is 0.238 e. The predicted octanol–water partition coefficient (Wildman–Crippen LogP) is 2.25. The van der Waals surface area contributed by atoms with E-state index in [4.69, 9.17) is 14.3 Å². The molecule has 1 aromatic heterocycles. The second-order valence-corrected chi connectivity index (χ2v) is 8.49. The molecule has 2 aromatic rings. The van der Waals surface area contributed by atoms with Crippen molar-refractivity contribution in [3.63, 3.8) is 0 Å². The van der Waals surface area contributed by atoms with Crippen molar-refractivity contribution in [3.8, 4) is 0 Å². The molecule has 8 nitrogen and oxygen atoms in total. The van der Waals surface area contributed by atoms with Crippen LogP contribution in [0.15, 0.2) is 57.0 Å². The molecule has 2 rings (SSSR count). The van der Waals surface area contributed by atoms with Crippen LogP contribution in [0.2, 0.25) is 0 Å². The van der Waals surface area contributed by atoms with Crippen molar-refractivity contribution in [2.24, 2.45) is 10.1 Å². The molecule has 1 aromatic carbocycles. The summed E-state index contributed by atoms with van der Waals surface area (Å²) in [6, 6.07) is 10.1. The largest absolute Gasteiger partial charge is 0.469 e. The molecule has 0 aliphatic heterocycles. The van der Waals surface area contributed by atoms with Gasteiger partial charge in [0, 0.05) is 26.6 Å². The first-order valence-corrected chi connectivity index (χ1v) is 10.5. The molecule has 0 amide bonds. The van der Waals surface area contributed by atoms with Gasteiger partial charge in [-0.1, -0.05) is 12.1 Å². The number of guanidine groups is 1. The fraction of sp³-hybridized carbons (Fsp3) is 0.421. The van der Waals surface area contributed by atoms with E-state index in [0.29, 0.717) is 25.6 Å². The van der Waals surface area contributed by atoms with Crippen molar-refractivity contribution in [2.45, 2.75) is 37.3 Å². The number of aliphatic imine (C=N–C) groups is 1. The van der Waals surface area contributed by atoms with E-state index in [1.807, 2.05) is 26.0 Å². The summed E-state index contributed by atoms with van der Waals surface area (Å²) in [4.78, 5) is 4.65. The van der Waals surface area contributed by atoms with E-state index in [0.717, 1.165) is 17.7 Å². The summed E-state index contributed by atoms with van der Waals surface area (Å²) < 4.78 is 33.5. The molecule has 162 valence electrons. The maximum atomic E-state index is 11.3. The van der Waals surface area contributed by atoms with Crippen LogP contribution in [0.25, 0.3) is 0 Å². The first-order chi connectivity index (χ1) is 13.2. The third-order valence-corrected chi connectivity index (χ3v) is 5.08. The quantitative estimate of drug-likeness (QED) is 0.257. The normalized spacial score (nSPS) is 12.3. The minimum absolute atomic E-state index is 0. The summed E-state index contributed by atoms with van der Waals surface area (Å²) in [5.74, 6) is 1.52. The molecule has 0 bridgehead atoms. The highest BCUT2D eigenvalue weighted by atomic mass is 127. The maximum absolute atomic E-state index is 11.3. The Morgan fingerprint density at radius 1 is 1.21 bits per heavy atom. The number of primary sulfonamides is 1. The standard InChI is InChI=1S/C19H28N4O4S.HI/c1-19(2,26-3)14-23-18(21-11-10-16-5-4-12-27-16)22-13-15-6-8-17(9-7-15)28(20,24)25;/h4-9,12H,10-11,13-14H2,1-3H3,(H2,20,24,25)(H2,21,22,23);1H. The maximum Gasteiger partial charge on any atom is 0.238 e. The molecule has 0 spiro atoms. The first-order valence-electron chi connectivity index (χ1n) is 8.91. The number of ether oxygens (including phenoxy) is 1. The Bertz CT molecular complexity index is 866. The first kappa shape index (κ1) is 25.4. The number of hydrogen-bond donors (Lipinski definition) is 3. The number of nitrogens with two attached hydrogens (primary N) is 1. The number of nitrogens with zero attached hydrogens (tertiary/aromatic N) is 1. The highest BCUT2D eigenvalue weighted by Gasteiger charge is 2.16. The Kier molecular flexibility index (Phi) is 10.1. The number of benzene rings is 1. The third kappa shape index (κ3) is 9.15. The Hall–Kier alpha value is -1.63. The van der Waals surface area contributed by atoms with E-state index >= 15 is 0 Å². The lowest BCUT2D eigenvalue weighted by molar-refractivity contribution is 0.0268. The van der Waals surface area contributed by atoms with Gasteiger partial charge in [-0.25, -0.2) is 18.5 Å². The highest BCUT2D eigenvalue weighted by molar-refractivity contribution is 14.0. The molecule has 0 aliphatic carbocycles. The lowest BCUT2D eigenvalue weighted by Gasteiger charge is -2.24. The molecule has 0 radical (unpaired) electrons. The van der Waals surface area contributed by atoms with E-state index < -0.39 is 10.0 Å². The Balaban J connectivity index is 0.00000420. The van der Waals surface area contributed by atoms with Crippen LogP contribution >= 0.6 is 24.0 Å². The molecule has 0 saturated heterocycles. The zero-order valence-corrected chi connectivity index (χ0v) is 20.0. The minimum Gasteiger partial charge on any atom is -0.469 e. The predicted molar refractivity (Wildman–Crippen MR) is 124 cm³/mol. The average Bonchev–Trinajstić information content (AvgIpc) is 3.16. The van der Waals surface area contributed by atoms with Crippen LogP contribution < -0.4 is 15.8 Å². The summed E-state index contributed by atoms with van der Waals surface area (Å²) in [5, 5.41) is 11.7. The van der Waals surface area contributed by atoms with Crippen LogP contribution in [0.5, 0.6) is 0 Å². The fourth-order valence-electron chi connectivity index (χ4n) is 2.26. The summed E-state index contributed by atoms with van der Waals surface area (Å²) in [5.41, 5.74) is 0.520. The molecule has 0 atom stereocenters. The van der Waals surface area contributed by atoms with Gasteiger partial charge in [0.05, 0.1) is 23.3 Å². The number of hydrogen-bond acceptors (Lipinski definition) is 5. The molecule has 0 aliphatic rings. The molecule has 0 unspecified atom stereocenters. The summed E-state index contributed by atoms with van der Waals surface area (Å²) in [6.45, 7) is 5.56. The van der Waals surface area contributed by atoms with Gasteiger partial charge >= 0.3 is 0 Å². The van der Waals surface area contributed by atoms with Gasteiger partial charge in [-0.3, -0.25) is 0 Å². The zero-order chi connectivity index (χ0) is 20.6. The van der Waals surface area contributed by atoms with Gasteiger partial charge in [-0.05, 0) is 43.7 Å². The van der Waals surface area contributed by atoms with Crippen LogP contribution in [0.4, 0.5) is 0 Å². The lowest BCUT2D eigenvalue weighted by Crippen LogP contribution is -2.45. The van der Waals surface area contributed by atoms with Crippen LogP contribution in [0.1, 0.15) is 25.2 Å². The van der Waals surface area contributed by atoms with Crippen molar-refractivity contribution in [3.05, 3.63) is 54.0 Å². The summed E-state index contributed by atoms with van der Waals surface area (Å²) in [6.07, 6.45) is 2.37. The van der Waals surface area contributed by atoms with Gasteiger partial charge in [-0.15, -0.1) is 24.0 Å². The van der Waals surface area contributed by atoms with Crippen LogP contribution in [0, 0.1) is 0 Å². The van der Waals surface area contributed by atoms with E-state index in [2.05, 4.69) is 15.6 Å². The number of sulfonamides is 1. The Morgan fingerprint density at radius 3 is 2.45 bits per heavy atom. The monoisotopic (exact) mass is 536 g/mol. The van der Waals surface area contributed by atoms with E-state index in [1.54, 1.807) is 25.5 Å². The number of nitrogens with one attached hydrogen (secondary N) is 2. The fourth-order valence-corrected chi connectivity index (χ4v) is 2.77. The molecule has 10 heteroatoms. The number of methoxy groups -OCH3 is 1. The lowest BCUT2D eigenvalue weighted by atomic mass is 10.1. The van der Waals surface area contributed by atoms with Gasteiger partial charge in [-0.2, -0.15) is 0 Å². The van der Waals surface area contributed by atoms with Crippen molar-refractivity contribution in [2.75, 3.05) is 20.2 Å². The van der Waals surface area contributed by atoms with Crippen molar-refractivity contribution in [1.82, 2.24) is 10.6 Å². The Labute approximate surface area is 189 Å². The number of rotatable bonds is 9. The molecular weight excluding hydrogens is 507 g/mol. The van der Waals surface area contributed by atoms with E-state index in [9.17, 15) is 8.42 Å². The SMILES string of the molecule is COC(C)(C)CNC(=NCc1ccc(S(N)(=O)=O)cc1)NCCc1ccco1.I. The second-order valence-electron chi connectivity index (χ2n) is 6.93. The van der Waals surface area contributed by atoms with Gasteiger partial charge < -0.3 is 19.8 Å². The number of furan rings is 1. The molecule has 29 heavy (non-hydrogen) atoms. The number of halogens is 1. The van der Waals surface area contributed by atoms with Gasteiger partial charge in [0.1, 0.15) is 5.76 Å². The topological polar surface area (TPSA) is 119 Å². The van der Waals surface area contributed by atoms with Crippen molar-refractivity contribution < 1.29 is 17.6 Å². The minimum atomic E-state index is -3.70. The van der Waals surface area contributed by atoms with Crippen LogP contribution in [-0.4, -0.2) is 40.2 Å². The molecular formula is C19H29IN4O4S. The highest BCUT2D eigenvalue weighted by Crippen LogP contribution is 2.10. The molecule has 0 fully saturated rings. The Morgan fingerprint density at radius 2 is 1.90 bits per heavy atom. The van der Waals surface area contributed by atoms with Crippen LogP contribution in [-0.2, 0) is 27.7 Å². The zero-order valence-electron chi connectivity index (χ0n) is 16.8. The van der Waals surface area contributed by atoms with Crippen molar-refractivity contribution >= 4 is 40.0 Å². The van der Waals surface area contributed by atoms with Crippen LogP contribution in [0.3, 0.4) is 0 Å².